The molecule has 4 rings (SSSR count). The first kappa shape index (κ1) is 17.9. The van der Waals surface area contributed by atoms with Crippen LogP contribution in [0.15, 0.2) is 55.0 Å². The van der Waals surface area contributed by atoms with E-state index < -0.39 is 10.0 Å². The minimum absolute atomic E-state index is 0.350. The SMILES string of the molecule is Cn1cc(-c2cc(C3c4ccccc4CCCN3S(C)(=O)=O)ccn2)cn1. The fourth-order valence-corrected chi connectivity index (χ4v) is 4.85. The third kappa shape index (κ3) is 3.52. The third-order valence-corrected chi connectivity index (χ3v) is 6.23. The second kappa shape index (κ2) is 6.90. The molecule has 3 heterocycles. The van der Waals surface area contributed by atoms with Crippen molar-refractivity contribution in [2.45, 2.75) is 18.9 Å². The van der Waals surface area contributed by atoms with E-state index >= 15 is 0 Å². The predicted octanol–water partition coefficient (Wildman–Crippen LogP) is 2.78. The van der Waals surface area contributed by atoms with E-state index in [2.05, 4.69) is 16.1 Å². The van der Waals surface area contributed by atoms with Gasteiger partial charge in [0.05, 0.1) is 24.2 Å². The van der Waals surface area contributed by atoms with E-state index in [1.54, 1.807) is 21.4 Å². The summed E-state index contributed by atoms with van der Waals surface area (Å²) < 4.78 is 28.5. The van der Waals surface area contributed by atoms with Crippen LogP contribution in [0, 0.1) is 0 Å². The van der Waals surface area contributed by atoms with Crippen LogP contribution in [0.25, 0.3) is 11.3 Å². The third-order valence-electron chi connectivity index (χ3n) is 4.99. The van der Waals surface area contributed by atoms with Crippen LogP contribution in [-0.4, -0.2) is 40.3 Å². The summed E-state index contributed by atoms with van der Waals surface area (Å²) in [7, 11) is -1.50. The lowest BCUT2D eigenvalue weighted by atomic mass is 9.94. The van der Waals surface area contributed by atoms with Crippen molar-refractivity contribution < 1.29 is 8.42 Å². The zero-order chi connectivity index (χ0) is 19.0. The molecule has 0 N–H and O–H groups in total. The van der Waals surface area contributed by atoms with Crippen molar-refractivity contribution >= 4 is 10.0 Å². The molecule has 1 atom stereocenters. The standard InChI is InChI=1S/C20H22N4O2S/c1-23-14-17(13-22-23)19-12-16(9-10-21-19)20-18-8-4-3-6-15(18)7-5-11-24(20)27(2,25)26/h3-4,6,8-10,12-14,20H,5,7,11H2,1-2H3. The average molecular weight is 382 g/mol. The largest absolute Gasteiger partial charge is 0.275 e. The number of aryl methyl sites for hydroxylation is 2. The molecule has 0 saturated heterocycles. The normalized spacial score (nSPS) is 18.1. The quantitative estimate of drug-likeness (QED) is 0.699. The molecule has 3 aromatic rings. The van der Waals surface area contributed by atoms with Crippen LogP contribution < -0.4 is 0 Å². The van der Waals surface area contributed by atoms with Crippen molar-refractivity contribution in [3.05, 3.63) is 71.7 Å². The summed E-state index contributed by atoms with van der Waals surface area (Å²) >= 11 is 0. The number of fused-ring (bicyclic) bond motifs is 1. The molecule has 1 aliphatic heterocycles. The molecule has 7 heteroatoms. The number of nitrogens with zero attached hydrogens (tertiary/aromatic N) is 4. The van der Waals surface area contributed by atoms with E-state index in [1.807, 2.05) is 43.6 Å². The van der Waals surface area contributed by atoms with Gasteiger partial charge in [-0.3, -0.25) is 9.67 Å². The van der Waals surface area contributed by atoms with Crippen LogP contribution in [0.2, 0.25) is 0 Å². The van der Waals surface area contributed by atoms with Crippen molar-refractivity contribution in [1.82, 2.24) is 19.1 Å². The molecule has 6 nitrogen and oxygen atoms in total. The van der Waals surface area contributed by atoms with Gasteiger partial charge in [-0.05, 0) is 41.7 Å². The zero-order valence-electron chi connectivity index (χ0n) is 15.4. The highest BCUT2D eigenvalue weighted by Crippen LogP contribution is 2.36. The van der Waals surface area contributed by atoms with Gasteiger partial charge in [0.2, 0.25) is 10.0 Å². The number of rotatable bonds is 3. The predicted molar refractivity (Wildman–Crippen MR) is 105 cm³/mol. The number of benzene rings is 1. The molecule has 0 bridgehead atoms. The molecular weight excluding hydrogens is 360 g/mol. The molecular formula is C20H22N4O2S. The summed E-state index contributed by atoms with van der Waals surface area (Å²) in [6, 6.07) is 11.6. The van der Waals surface area contributed by atoms with Gasteiger partial charge in [0.25, 0.3) is 0 Å². The van der Waals surface area contributed by atoms with Crippen LogP contribution in [0.1, 0.15) is 29.2 Å². The lowest BCUT2D eigenvalue weighted by molar-refractivity contribution is 0.368. The number of hydrogen-bond acceptors (Lipinski definition) is 4. The van der Waals surface area contributed by atoms with E-state index in [1.165, 1.54) is 11.8 Å². The molecule has 27 heavy (non-hydrogen) atoms. The summed E-state index contributed by atoms with van der Waals surface area (Å²) in [6.07, 6.45) is 8.38. The van der Waals surface area contributed by atoms with Gasteiger partial charge in [-0.1, -0.05) is 24.3 Å². The van der Waals surface area contributed by atoms with E-state index in [4.69, 9.17) is 0 Å². The van der Waals surface area contributed by atoms with E-state index in [-0.39, 0.29) is 6.04 Å². The van der Waals surface area contributed by atoms with Gasteiger partial charge >= 0.3 is 0 Å². The minimum atomic E-state index is -3.37. The van der Waals surface area contributed by atoms with Gasteiger partial charge in [0.15, 0.2) is 0 Å². The minimum Gasteiger partial charge on any atom is -0.275 e. The van der Waals surface area contributed by atoms with Gasteiger partial charge in [-0.25, -0.2) is 8.42 Å². The second-order valence-corrected chi connectivity index (χ2v) is 8.89. The first-order valence-electron chi connectivity index (χ1n) is 8.93. The smallest absolute Gasteiger partial charge is 0.212 e. The molecule has 1 unspecified atom stereocenters. The molecule has 0 radical (unpaired) electrons. The molecule has 140 valence electrons. The Morgan fingerprint density at radius 3 is 2.74 bits per heavy atom. The van der Waals surface area contributed by atoms with E-state index in [0.717, 1.165) is 35.2 Å². The lowest BCUT2D eigenvalue weighted by Crippen LogP contribution is -2.34. The summed E-state index contributed by atoms with van der Waals surface area (Å²) in [5, 5.41) is 4.21. The van der Waals surface area contributed by atoms with Crippen molar-refractivity contribution in [3.63, 3.8) is 0 Å². The van der Waals surface area contributed by atoms with Gasteiger partial charge in [-0.2, -0.15) is 9.40 Å². The molecule has 2 aromatic heterocycles. The fourth-order valence-electron chi connectivity index (χ4n) is 3.77. The fraction of sp³-hybridized carbons (Fsp3) is 0.300. The number of pyridine rings is 1. The Kier molecular flexibility index (Phi) is 4.57. The molecule has 0 spiro atoms. The van der Waals surface area contributed by atoms with Crippen LogP contribution in [-0.2, 0) is 23.5 Å². The lowest BCUT2D eigenvalue weighted by Gasteiger charge is -2.29. The van der Waals surface area contributed by atoms with Crippen LogP contribution >= 0.6 is 0 Å². The van der Waals surface area contributed by atoms with Crippen LogP contribution in [0.4, 0.5) is 0 Å². The van der Waals surface area contributed by atoms with Crippen molar-refractivity contribution in [1.29, 1.82) is 0 Å². The van der Waals surface area contributed by atoms with Crippen molar-refractivity contribution in [2.75, 3.05) is 12.8 Å². The molecule has 0 aliphatic carbocycles. The first-order valence-corrected chi connectivity index (χ1v) is 10.8. The Bertz CT molecular complexity index is 1070. The Hall–Kier alpha value is -2.51. The average Bonchev–Trinajstić information content (AvgIpc) is 2.97. The zero-order valence-corrected chi connectivity index (χ0v) is 16.2. The Morgan fingerprint density at radius 2 is 2.00 bits per heavy atom. The Balaban J connectivity index is 1.88. The molecule has 0 saturated carbocycles. The van der Waals surface area contributed by atoms with Gasteiger partial charge in [-0.15, -0.1) is 0 Å². The first-order chi connectivity index (χ1) is 12.9. The summed E-state index contributed by atoms with van der Waals surface area (Å²) in [5.41, 5.74) is 4.86. The number of aromatic nitrogens is 3. The molecule has 0 amide bonds. The number of hydrogen-bond donors (Lipinski definition) is 0. The highest BCUT2D eigenvalue weighted by Gasteiger charge is 2.32. The van der Waals surface area contributed by atoms with E-state index in [9.17, 15) is 8.42 Å². The maximum atomic E-state index is 12.6. The summed E-state index contributed by atoms with van der Waals surface area (Å²) in [6.45, 7) is 0.503. The maximum Gasteiger partial charge on any atom is 0.212 e. The number of sulfonamides is 1. The maximum absolute atomic E-state index is 12.6. The monoisotopic (exact) mass is 382 g/mol. The van der Waals surface area contributed by atoms with Crippen molar-refractivity contribution in [3.8, 4) is 11.3 Å². The summed E-state index contributed by atoms with van der Waals surface area (Å²) in [5.74, 6) is 0. The Labute approximate surface area is 159 Å². The van der Waals surface area contributed by atoms with E-state index in [0.29, 0.717) is 6.54 Å². The summed E-state index contributed by atoms with van der Waals surface area (Å²) in [4.78, 5) is 4.46. The van der Waals surface area contributed by atoms with Crippen LogP contribution in [0.5, 0.6) is 0 Å². The van der Waals surface area contributed by atoms with Gasteiger partial charge in [0.1, 0.15) is 0 Å². The van der Waals surface area contributed by atoms with Crippen molar-refractivity contribution in [2.24, 2.45) is 7.05 Å². The highest BCUT2D eigenvalue weighted by atomic mass is 32.2. The topological polar surface area (TPSA) is 68.1 Å². The molecule has 1 aliphatic rings. The second-order valence-electron chi connectivity index (χ2n) is 6.96. The van der Waals surface area contributed by atoms with Crippen LogP contribution in [0.3, 0.4) is 0 Å². The Morgan fingerprint density at radius 1 is 1.19 bits per heavy atom. The molecule has 0 fully saturated rings. The molecule has 1 aromatic carbocycles. The highest BCUT2D eigenvalue weighted by molar-refractivity contribution is 7.88. The van der Waals surface area contributed by atoms with Gasteiger partial charge in [0, 0.05) is 31.5 Å². The van der Waals surface area contributed by atoms with Gasteiger partial charge < -0.3 is 0 Å².